The Morgan fingerprint density at radius 1 is 0.977 bits per heavy atom. The molecule has 0 aromatic heterocycles. The van der Waals surface area contributed by atoms with E-state index in [0.717, 1.165) is 96.7 Å². The van der Waals surface area contributed by atoms with E-state index in [0.29, 0.717) is 30.8 Å². The lowest BCUT2D eigenvalue weighted by atomic mass is 9.83. The number of carbonyl (C=O) groups excluding carboxylic acids is 1. The summed E-state index contributed by atoms with van der Waals surface area (Å²) in [5, 5.41) is 0. The first kappa shape index (κ1) is 34.1. The molecule has 0 N–H and O–H groups in total. The molecule has 2 heterocycles. The Morgan fingerprint density at radius 2 is 1.74 bits per heavy atom. The van der Waals surface area contributed by atoms with E-state index in [2.05, 4.69) is 49.4 Å². The summed E-state index contributed by atoms with van der Waals surface area (Å²) in [5.74, 6) is 1.56. The van der Waals surface area contributed by atoms with E-state index in [1.165, 1.54) is 18.4 Å². The van der Waals surface area contributed by atoms with Crippen molar-refractivity contribution in [3.63, 3.8) is 0 Å². The zero-order valence-corrected chi connectivity index (χ0v) is 27.0. The van der Waals surface area contributed by atoms with Crippen LogP contribution in [0.4, 0.5) is 0 Å². The smallest absolute Gasteiger partial charge is 0.305 e. The Morgan fingerprint density at radius 3 is 2.47 bits per heavy atom. The van der Waals surface area contributed by atoms with Crippen molar-refractivity contribution in [2.75, 3.05) is 19.8 Å². The molecule has 1 aromatic rings. The number of carbonyl (C=O) groups is 1. The molecule has 2 saturated heterocycles. The SMILES string of the molecule is CCCOC(=O)CCC/C=C\C[C@@H]1[C@@H](CC[C@H](CCc2ccccc2)OC2CCCCO2)[C@H](C)C[C@@H]1OC1CCCCO1. The fourth-order valence-electron chi connectivity index (χ4n) is 7.10. The van der Waals surface area contributed by atoms with Crippen molar-refractivity contribution in [1.82, 2.24) is 0 Å². The lowest BCUT2D eigenvalue weighted by Gasteiger charge is -2.32. The normalized spacial score (nSPS) is 28.7. The van der Waals surface area contributed by atoms with E-state index >= 15 is 0 Å². The molecule has 4 rings (SSSR count). The summed E-state index contributed by atoms with van der Waals surface area (Å²) in [5.41, 5.74) is 1.37. The second kappa shape index (κ2) is 19.6. The van der Waals surface area contributed by atoms with Gasteiger partial charge in [-0.3, -0.25) is 4.79 Å². The number of aryl methyl sites for hydroxylation is 1. The average Bonchev–Trinajstić information content (AvgIpc) is 3.33. The van der Waals surface area contributed by atoms with Gasteiger partial charge in [-0.2, -0.15) is 0 Å². The first-order valence-corrected chi connectivity index (χ1v) is 17.5. The molecule has 3 fully saturated rings. The van der Waals surface area contributed by atoms with Crippen molar-refractivity contribution in [2.24, 2.45) is 17.8 Å². The molecule has 7 atom stereocenters. The highest BCUT2D eigenvalue weighted by Crippen LogP contribution is 2.45. The minimum Gasteiger partial charge on any atom is -0.466 e. The van der Waals surface area contributed by atoms with Gasteiger partial charge in [0.15, 0.2) is 12.6 Å². The zero-order valence-electron chi connectivity index (χ0n) is 27.0. The van der Waals surface area contributed by atoms with Gasteiger partial charge >= 0.3 is 5.97 Å². The van der Waals surface area contributed by atoms with Gasteiger partial charge in [0.2, 0.25) is 0 Å². The van der Waals surface area contributed by atoms with Crippen LogP contribution in [0.2, 0.25) is 0 Å². The summed E-state index contributed by atoms with van der Waals surface area (Å²) >= 11 is 0. The van der Waals surface area contributed by atoms with Crippen LogP contribution in [0.25, 0.3) is 0 Å². The lowest BCUT2D eigenvalue weighted by molar-refractivity contribution is -0.197. The van der Waals surface area contributed by atoms with Crippen molar-refractivity contribution in [1.29, 1.82) is 0 Å². The van der Waals surface area contributed by atoms with Crippen LogP contribution in [0.1, 0.15) is 116 Å². The Balaban J connectivity index is 1.35. The monoisotopic (exact) mass is 598 g/mol. The third-order valence-corrected chi connectivity index (χ3v) is 9.52. The number of hydrogen-bond acceptors (Lipinski definition) is 6. The van der Waals surface area contributed by atoms with Crippen LogP contribution >= 0.6 is 0 Å². The Kier molecular flexibility index (Phi) is 15.6. The Bertz CT molecular complexity index is 907. The van der Waals surface area contributed by atoms with Gasteiger partial charge in [0.1, 0.15) is 0 Å². The molecule has 2 unspecified atom stereocenters. The maximum absolute atomic E-state index is 11.8. The van der Waals surface area contributed by atoms with Crippen LogP contribution in [0.5, 0.6) is 0 Å². The van der Waals surface area contributed by atoms with E-state index < -0.39 is 0 Å². The average molecular weight is 599 g/mol. The second-order valence-electron chi connectivity index (χ2n) is 13.0. The summed E-state index contributed by atoms with van der Waals surface area (Å²) in [6, 6.07) is 10.8. The summed E-state index contributed by atoms with van der Waals surface area (Å²) in [6.07, 6.45) is 21.0. The summed E-state index contributed by atoms with van der Waals surface area (Å²) < 4.78 is 30.5. The number of unbranched alkanes of at least 4 members (excludes halogenated alkanes) is 1. The maximum Gasteiger partial charge on any atom is 0.305 e. The van der Waals surface area contributed by atoms with E-state index in [1.54, 1.807) is 0 Å². The van der Waals surface area contributed by atoms with Crippen molar-refractivity contribution >= 4 is 5.97 Å². The Hall–Kier alpha value is -1.73. The van der Waals surface area contributed by atoms with Crippen LogP contribution in [0.15, 0.2) is 42.5 Å². The van der Waals surface area contributed by atoms with Gasteiger partial charge in [-0.05, 0) is 120 Å². The van der Waals surface area contributed by atoms with Gasteiger partial charge < -0.3 is 23.7 Å². The number of esters is 1. The molecular formula is C37H58O6. The van der Waals surface area contributed by atoms with Crippen LogP contribution in [-0.4, -0.2) is 50.6 Å². The fraction of sp³-hybridized carbons (Fsp3) is 0.757. The standard InChI is InChI=1S/C37H58O6/c1-3-25-39-35(38)18-10-5-4-9-17-33-32(29(2)28-34(33)43-37-20-12-14-27-41-37)24-23-31(42-36-19-11-13-26-40-36)22-21-30-15-7-6-8-16-30/h4,6-9,15-16,29,31-34,36-37H,3,5,10-14,17-28H2,1-2H3/b9-4-/t29-,31+,32+,33-,34+,36?,37?/m1/s1. The second-order valence-corrected chi connectivity index (χ2v) is 13.0. The van der Waals surface area contributed by atoms with E-state index in [4.69, 9.17) is 23.7 Å². The molecule has 0 bridgehead atoms. The highest BCUT2D eigenvalue weighted by molar-refractivity contribution is 5.69. The molecule has 1 aliphatic carbocycles. The van der Waals surface area contributed by atoms with E-state index in [9.17, 15) is 4.79 Å². The molecule has 0 amide bonds. The zero-order chi connectivity index (χ0) is 30.1. The summed E-state index contributed by atoms with van der Waals surface area (Å²) in [6.45, 7) is 6.58. The number of benzene rings is 1. The highest BCUT2D eigenvalue weighted by atomic mass is 16.7. The van der Waals surface area contributed by atoms with Crippen molar-refractivity contribution in [2.45, 2.75) is 141 Å². The topological polar surface area (TPSA) is 63.2 Å². The minimum absolute atomic E-state index is 0.0595. The van der Waals surface area contributed by atoms with Crippen LogP contribution < -0.4 is 0 Å². The van der Waals surface area contributed by atoms with Crippen molar-refractivity contribution < 1.29 is 28.5 Å². The van der Waals surface area contributed by atoms with E-state index in [1.807, 2.05) is 6.92 Å². The largest absolute Gasteiger partial charge is 0.466 e. The van der Waals surface area contributed by atoms with Crippen LogP contribution in [0.3, 0.4) is 0 Å². The van der Waals surface area contributed by atoms with E-state index in [-0.39, 0.29) is 30.8 Å². The Labute approximate surface area is 261 Å². The maximum atomic E-state index is 11.8. The number of rotatable bonds is 18. The molecule has 43 heavy (non-hydrogen) atoms. The fourth-order valence-corrected chi connectivity index (χ4v) is 7.10. The lowest BCUT2D eigenvalue weighted by Crippen LogP contribution is -2.32. The van der Waals surface area contributed by atoms with Crippen LogP contribution in [0, 0.1) is 17.8 Å². The number of hydrogen-bond donors (Lipinski definition) is 0. The van der Waals surface area contributed by atoms with Gasteiger partial charge in [0.05, 0.1) is 18.8 Å². The molecule has 242 valence electrons. The van der Waals surface area contributed by atoms with Gasteiger partial charge in [0, 0.05) is 19.6 Å². The minimum atomic E-state index is -0.0801. The molecular weight excluding hydrogens is 540 g/mol. The predicted molar refractivity (Wildman–Crippen MR) is 171 cm³/mol. The van der Waals surface area contributed by atoms with Crippen LogP contribution in [-0.2, 0) is 34.9 Å². The third kappa shape index (κ3) is 12.3. The molecule has 0 radical (unpaired) electrons. The molecule has 1 aromatic carbocycles. The number of allylic oxidation sites excluding steroid dienone is 2. The summed E-state index contributed by atoms with van der Waals surface area (Å²) in [4.78, 5) is 11.8. The molecule has 6 nitrogen and oxygen atoms in total. The molecule has 2 aliphatic heterocycles. The predicted octanol–water partition coefficient (Wildman–Crippen LogP) is 8.57. The first-order chi connectivity index (χ1) is 21.1. The first-order valence-electron chi connectivity index (χ1n) is 17.5. The van der Waals surface area contributed by atoms with Crippen molar-refractivity contribution in [3.05, 3.63) is 48.0 Å². The molecule has 6 heteroatoms. The quantitative estimate of drug-likeness (QED) is 0.0958. The highest BCUT2D eigenvalue weighted by Gasteiger charge is 2.42. The molecule has 0 spiro atoms. The van der Waals surface area contributed by atoms with Gasteiger partial charge in [0.25, 0.3) is 0 Å². The molecule has 1 saturated carbocycles. The van der Waals surface area contributed by atoms with Gasteiger partial charge in [-0.1, -0.05) is 56.3 Å². The summed E-state index contributed by atoms with van der Waals surface area (Å²) in [7, 11) is 0. The van der Waals surface area contributed by atoms with Gasteiger partial charge in [-0.15, -0.1) is 0 Å². The third-order valence-electron chi connectivity index (χ3n) is 9.52. The van der Waals surface area contributed by atoms with Gasteiger partial charge in [-0.25, -0.2) is 0 Å². The number of ether oxygens (including phenoxy) is 5. The van der Waals surface area contributed by atoms with Crippen molar-refractivity contribution in [3.8, 4) is 0 Å². The molecule has 3 aliphatic rings.